The molecule has 1 saturated carbocycles. The average molecular weight is 599 g/mol. The summed E-state index contributed by atoms with van der Waals surface area (Å²) < 4.78 is 46.2. The minimum atomic E-state index is -5.21. The first kappa shape index (κ1) is 27.8. The molecule has 2 aliphatic rings. The minimum Gasteiger partial charge on any atom is -0.379 e. The number of aromatic nitrogens is 2. The molecular weight excluding hydrogens is 573 g/mol. The zero-order chi connectivity index (χ0) is 28.2. The highest BCUT2D eigenvalue weighted by Crippen LogP contribution is 2.65. The molecule has 1 saturated heterocycles. The molecule has 14 heteroatoms. The first-order valence-corrected chi connectivity index (χ1v) is 12.6. The normalized spacial score (nSPS) is 24.2. The van der Waals surface area contributed by atoms with Crippen LogP contribution in [0.4, 0.5) is 13.2 Å². The van der Waals surface area contributed by atoms with E-state index in [0.717, 1.165) is 0 Å². The highest BCUT2D eigenvalue weighted by molar-refractivity contribution is 9.10. The summed E-state index contributed by atoms with van der Waals surface area (Å²) in [5, 5.41) is 18.5. The molecule has 10 nitrogen and oxygen atoms in total. The summed E-state index contributed by atoms with van der Waals surface area (Å²) in [6, 6.07) is 1.72. The van der Waals surface area contributed by atoms with Crippen LogP contribution in [0.3, 0.4) is 0 Å². The largest absolute Gasteiger partial charge is 0.471 e. The minimum absolute atomic E-state index is 0.0781. The van der Waals surface area contributed by atoms with Crippen LogP contribution >= 0.6 is 15.9 Å². The van der Waals surface area contributed by atoms with E-state index in [9.17, 15) is 32.8 Å². The van der Waals surface area contributed by atoms with E-state index in [-0.39, 0.29) is 23.8 Å². The molecule has 0 spiro atoms. The molecule has 6 atom stereocenters. The number of carbonyl (C=O) groups excluding carboxylic acids is 3. The molecule has 1 aliphatic heterocycles. The number of rotatable bonds is 7. The maximum Gasteiger partial charge on any atom is 0.471 e. The fourth-order valence-electron chi connectivity index (χ4n) is 5.37. The summed E-state index contributed by atoms with van der Waals surface area (Å²) in [6.45, 7) is 5.34. The van der Waals surface area contributed by atoms with Gasteiger partial charge in [-0.1, -0.05) is 13.8 Å². The molecule has 1 unspecified atom stereocenters. The number of hydrogen-bond acceptors (Lipinski definition) is 6. The maximum atomic E-state index is 13.6. The van der Waals surface area contributed by atoms with Crippen molar-refractivity contribution in [3.05, 3.63) is 34.6 Å². The Morgan fingerprint density at radius 1 is 1.32 bits per heavy atom. The number of methoxy groups -OCH3 is 1. The summed E-state index contributed by atoms with van der Waals surface area (Å²) in [6.07, 6.45) is -3.18. The van der Waals surface area contributed by atoms with Gasteiger partial charge >= 0.3 is 12.1 Å². The van der Waals surface area contributed by atoms with Gasteiger partial charge in [-0.2, -0.15) is 23.5 Å². The van der Waals surface area contributed by atoms with Crippen molar-refractivity contribution >= 4 is 39.2 Å². The number of nitrogens with zero attached hydrogens (tertiary/aromatic N) is 4. The van der Waals surface area contributed by atoms with E-state index >= 15 is 0 Å². The molecule has 2 fully saturated rings. The molecule has 0 aromatic carbocycles. The van der Waals surface area contributed by atoms with Crippen LogP contribution in [0, 0.1) is 28.6 Å². The molecule has 0 bridgehead atoms. The van der Waals surface area contributed by atoms with Crippen molar-refractivity contribution in [1.82, 2.24) is 25.1 Å². The summed E-state index contributed by atoms with van der Waals surface area (Å²) >= 11 is 3.42. The van der Waals surface area contributed by atoms with Crippen molar-refractivity contribution in [2.75, 3.05) is 13.7 Å². The second-order valence-corrected chi connectivity index (χ2v) is 11.0. The monoisotopic (exact) mass is 598 g/mol. The van der Waals surface area contributed by atoms with E-state index < -0.39 is 48.1 Å². The Hall–Kier alpha value is -3.18. The van der Waals surface area contributed by atoms with Crippen LogP contribution in [0.25, 0.3) is 5.52 Å². The zero-order valence-corrected chi connectivity index (χ0v) is 22.5. The van der Waals surface area contributed by atoms with Crippen LogP contribution in [0.2, 0.25) is 0 Å². The number of likely N-dealkylation sites (tertiary alicyclic amines) is 1. The van der Waals surface area contributed by atoms with Crippen LogP contribution in [-0.2, 0) is 19.1 Å². The molecule has 1 aliphatic carbocycles. The first-order valence-electron chi connectivity index (χ1n) is 11.8. The number of fused-ring (bicyclic) bond motifs is 2. The van der Waals surface area contributed by atoms with Crippen LogP contribution in [0.1, 0.15) is 32.4 Å². The van der Waals surface area contributed by atoms with Gasteiger partial charge in [0.15, 0.2) is 0 Å². The maximum absolute atomic E-state index is 13.6. The topological polar surface area (TPSA) is 129 Å². The third-order valence-corrected chi connectivity index (χ3v) is 8.30. The number of carbonyl (C=O) groups is 3. The standard InChI is InChI=1S/C24H26BrF3N6O4/c1-11(38-4)17(32-22(37)24(26,27)28)21(36)33-10-13-16(23(13,2)3)19(33)20(35)31-15(8-29)12-9-30-34-7-5-6-14(25)18(12)34/h5-7,9,11,13,15-17,19H,10H2,1-4H3,(H,31,35)(H,32,37)/t11-,13+,15?,16+,17+,19+/m1/s1. The molecule has 2 aromatic rings. The number of nitriles is 1. The van der Waals surface area contributed by atoms with Crippen molar-refractivity contribution in [3.8, 4) is 6.07 Å². The van der Waals surface area contributed by atoms with Crippen molar-refractivity contribution < 1.29 is 32.3 Å². The lowest BCUT2D eigenvalue weighted by Crippen LogP contribution is -2.60. The van der Waals surface area contributed by atoms with Gasteiger partial charge in [0.2, 0.25) is 11.8 Å². The van der Waals surface area contributed by atoms with Crippen LogP contribution in [0.5, 0.6) is 0 Å². The number of pyridine rings is 1. The highest BCUT2D eigenvalue weighted by atomic mass is 79.9. The first-order chi connectivity index (χ1) is 17.7. The molecule has 3 heterocycles. The Morgan fingerprint density at radius 2 is 2.00 bits per heavy atom. The van der Waals surface area contributed by atoms with Crippen molar-refractivity contribution in [1.29, 1.82) is 5.26 Å². The van der Waals surface area contributed by atoms with E-state index in [1.807, 2.05) is 13.8 Å². The number of amides is 3. The number of ether oxygens (including phenoxy) is 1. The van der Waals surface area contributed by atoms with E-state index in [2.05, 4.69) is 32.4 Å². The van der Waals surface area contributed by atoms with Gasteiger partial charge in [-0.05, 0) is 52.2 Å². The Morgan fingerprint density at radius 3 is 2.61 bits per heavy atom. The van der Waals surface area contributed by atoms with Gasteiger partial charge in [0.05, 0.1) is 23.9 Å². The van der Waals surface area contributed by atoms with Gasteiger partial charge in [0.1, 0.15) is 18.1 Å². The lowest BCUT2D eigenvalue weighted by Gasteiger charge is -2.34. The Labute approximate surface area is 224 Å². The van der Waals surface area contributed by atoms with Crippen LogP contribution < -0.4 is 10.6 Å². The lowest BCUT2D eigenvalue weighted by molar-refractivity contribution is -0.176. The number of halogens is 4. The lowest BCUT2D eigenvalue weighted by atomic mass is 9.98. The van der Waals surface area contributed by atoms with Gasteiger partial charge in [0, 0.05) is 29.9 Å². The number of piperidine rings is 1. The van der Waals surface area contributed by atoms with E-state index in [0.29, 0.717) is 15.6 Å². The molecule has 2 aromatic heterocycles. The Kier molecular flexibility index (Phi) is 7.22. The summed E-state index contributed by atoms with van der Waals surface area (Å²) in [7, 11) is 1.20. The third-order valence-electron chi connectivity index (χ3n) is 7.66. The van der Waals surface area contributed by atoms with Gasteiger partial charge < -0.3 is 20.3 Å². The smallest absolute Gasteiger partial charge is 0.379 e. The van der Waals surface area contributed by atoms with Crippen molar-refractivity contribution in [2.45, 2.75) is 51.2 Å². The zero-order valence-electron chi connectivity index (χ0n) is 20.9. The quantitative estimate of drug-likeness (QED) is 0.503. The van der Waals surface area contributed by atoms with Crippen LogP contribution in [0.15, 0.2) is 29.0 Å². The molecule has 3 amide bonds. The molecule has 0 radical (unpaired) electrons. The number of nitrogens with one attached hydrogen (secondary N) is 2. The average Bonchev–Trinajstić information content (AvgIpc) is 3.24. The molecule has 38 heavy (non-hydrogen) atoms. The second-order valence-electron chi connectivity index (χ2n) is 10.1. The molecule has 2 N–H and O–H groups in total. The van der Waals surface area contributed by atoms with Crippen LogP contribution in [-0.4, -0.2) is 70.3 Å². The van der Waals surface area contributed by atoms with Crippen molar-refractivity contribution in [3.63, 3.8) is 0 Å². The predicted molar refractivity (Wildman–Crippen MR) is 130 cm³/mol. The van der Waals surface area contributed by atoms with Gasteiger partial charge in [0.25, 0.3) is 0 Å². The summed E-state index contributed by atoms with van der Waals surface area (Å²) in [4.78, 5) is 40.0. The predicted octanol–water partition coefficient (Wildman–Crippen LogP) is 2.34. The second kappa shape index (κ2) is 9.85. The summed E-state index contributed by atoms with van der Waals surface area (Å²) in [5.41, 5.74) is 0.706. The Bertz CT molecular complexity index is 1320. The SMILES string of the molecule is CO[C@H](C)[C@H](NC(=O)C(F)(F)F)C(=O)N1C[C@H]2[C@@H]([C@H]1C(=O)NC(C#N)c1cnn3cccc(Br)c13)C2(C)C. The van der Waals surface area contributed by atoms with Gasteiger partial charge in [-0.3, -0.25) is 14.4 Å². The fraction of sp³-hybridized carbons (Fsp3) is 0.542. The van der Waals surface area contributed by atoms with Gasteiger partial charge in [-0.25, -0.2) is 4.52 Å². The highest BCUT2D eigenvalue weighted by Gasteiger charge is 2.69. The fourth-order valence-corrected chi connectivity index (χ4v) is 5.94. The van der Waals surface area contributed by atoms with Crippen molar-refractivity contribution in [2.24, 2.45) is 17.3 Å². The molecule has 4 rings (SSSR count). The number of alkyl halides is 3. The molecular formula is C24H26BrF3N6O4. The molecule has 204 valence electrons. The Balaban J connectivity index is 1.62. The number of hydrogen-bond donors (Lipinski definition) is 2. The van der Waals surface area contributed by atoms with E-state index in [1.54, 1.807) is 28.2 Å². The van der Waals surface area contributed by atoms with E-state index in [1.165, 1.54) is 25.1 Å². The van der Waals surface area contributed by atoms with Gasteiger partial charge in [-0.15, -0.1) is 0 Å². The third kappa shape index (κ3) is 4.73. The van der Waals surface area contributed by atoms with E-state index in [4.69, 9.17) is 4.74 Å². The summed E-state index contributed by atoms with van der Waals surface area (Å²) in [5.74, 6) is -4.13.